The van der Waals surface area contributed by atoms with E-state index < -0.39 is 0 Å². The molecule has 95 heavy (non-hydrogen) atoms. The first kappa shape index (κ1) is 86.5. The molecule has 0 saturated carbocycles. The van der Waals surface area contributed by atoms with Crippen molar-refractivity contribution < 1.29 is 4.68 Å². The first-order chi connectivity index (χ1) is 44.3. The minimum absolute atomic E-state index is 0.491. The zero-order valence-electron chi connectivity index (χ0n) is 66.8. The molecule has 8 aromatic rings. The van der Waals surface area contributed by atoms with E-state index in [0.717, 1.165) is 0 Å². The maximum Gasteiger partial charge on any atom is 0.198 e. The fraction of sp³-hybridized carbons (Fsp3) is 0.588. The number of H-pyrrole nitrogens is 2. The first-order valence-electron chi connectivity index (χ1n) is 36.3. The Kier molecular flexibility index (Phi) is 39.7. The number of hydrogen-bond acceptors (Lipinski definition) is 6. The third kappa shape index (κ3) is 29.4. The van der Waals surface area contributed by atoms with Crippen molar-refractivity contribution in [2.24, 2.45) is 14.1 Å². The van der Waals surface area contributed by atoms with Gasteiger partial charge in [-0.2, -0.15) is 15.3 Å². The SMILES string of the molecule is CC(C)c1c[n+](C)[nH]c1C(C)C.CC(C)c1ccccc1C(C)C.CC(C)c1ccccc1C(C)C.CC(C)c1cccnc1C(C)C.CC(C)c1ccncc1C(C)C.CC(C)c1cn[nH]c1C(C)C.CC(C)c1cncnc1C(C)C.CC(C)c1cnn(C)c1C(C)C. The van der Waals surface area contributed by atoms with E-state index in [1.54, 1.807) is 6.33 Å². The third-order valence-electron chi connectivity index (χ3n) is 16.8. The molecule has 0 aliphatic heterocycles. The van der Waals surface area contributed by atoms with Crippen LogP contribution >= 0.6 is 0 Å². The fourth-order valence-corrected chi connectivity index (χ4v) is 11.6. The van der Waals surface area contributed by atoms with Crippen LogP contribution in [0.3, 0.4) is 0 Å². The Morgan fingerprint density at radius 2 is 0.695 bits per heavy atom. The molecular weight excluding hydrogens is 1160 g/mol. The van der Waals surface area contributed by atoms with Crippen molar-refractivity contribution in [1.29, 1.82) is 0 Å². The van der Waals surface area contributed by atoms with Crippen LogP contribution < -0.4 is 4.68 Å². The zero-order valence-corrected chi connectivity index (χ0v) is 66.8. The minimum Gasteiger partial charge on any atom is -0.282 e. The minimum atomic E-state index is 0.491. The molecule has 0 radical (unpaired) electrons. The average Bonchev–Trinajstić information content (AvgIpc) is 1.92. The Balaban J connectivity index is 0.000000543. The molecule has 0 aliphatic carbocycles. The molecule has 0 atom stereocenters. The van der Waals surface area contributed by atoms with Crippen LogP contribution in [-0.2, 0) is 14.1 Å². The molecule has 528 valence electrons. The van der Waals surface area contributed by atoms with Gasteiger partial charge in [-0.15, -0.1) is 4.68 Å². The highest BCUT2D eigenvalue weighted by Gasteiger charge is 2.19. The molecule has 0 spiro atoms. The molecule has 0 fully saturated rings. The average molecular weight is 1300 g/mol. The summed E-state index contributed by atoms with van der Waals surface area (Å²) in [4.78, 5) is 16.9. The largest absolute Gasteiger partial charge is 0.282 e. The number of aromatic nitrogens is 10. The normalized spacial score (nSPS) is 11.3. The van der Waals surface area contributed by atoms with Crippen LogP contribution in [0.25, 0.3) is 0 Å². The Hall–Kier alpha value is -6.55. The summed E-state index contributed by atoms with van der Waals surface area (Å²) in [5.74, 6) is 9.34. The predicted molar refractivity (Wildman–Crippen MR) is 413 cm³/mol. The molecule has 0 unspecified atom stereocenters. The standard InChI is InChI=1S/2C12H18.2C11H17N.2C10H18N2.C10H16N2.C9H16N2/c2*1-9(2)11-7-5-6-8-12(11)10(3)4;1-8(2)10-5-6-12-7-11(10)9(3)4;1-8(2)10-6-5-7-12-11(10)9(3)4;1-7(2)9-6-12(5)11-10(9)8(3)4;1-7(2)9-6-11-12(5)10(9)8(3)4;1-7(2)9-5-11-6-12-10(9)8(3)4;1-6(2)8-5-10-11-9(8)7(3)4/h2*5-10H,1-4H3;2*5-9H,1-4H3;2*6-8H,1-5H3;5-8H,1-4H3;5-7H,1-4H3,(H,10,11)/p+1. The van der Waals surface area contributed by atoms with Crippen LogP contribution in [0.15, 0.2) is 116 Å². The quantitative estimate of drug-likeness (QED) is 0.0931. The van der Waals surface area contributed by atoms with Crippen molar-refractivity contribution in [2.45, 2.75) is 316 Å². The molecule has 6 aromatic heterocycles. The number of nitrogens with zero attached hydrogens (tertiary/aromatic N) is 8. The van der Waals surface area contributed by atoms with Gasteiger partial charge in [0.2, 0.25) is 0 Å². The summed E-state index contributed by atoms with van der Waals surface area (Å²) in [6.07, 6.45) is 15.4. The van der Waals surface area contributed by atoms with E-state index in [9.17, 15) is 0 Å². The van der Waals surface area contributed by atoms with Crippen molar-refractivity contribution in [2.75, 3.05) is 0 Å². The second kappa shape index (κ2) is 43.6. The first-order valence-corrected chi connectivity index (χ1v) is 36.3. The van der Waals surface area contributed by atoms with Crippen LogP contribution in [0, 0.1) is 0 Å². The molecule has 8 rings (SSSR count). The van der Waals surface area contributed by atoms with E-state index in [-0.39, 0.29) is 0 Å². The number of nitrogens with one attached hydrogen (secondary N) is 2. The van der Waals surface area contributed by atoms with Crippen LogP contribution in [0.5, 0.6) is 0 Å². The van der Waals surface area contributed by atoms with Gasteiger partial charge in [0.05, 0.1) is 18.1 Å². The molecule has 0 amide bonds. The van der Waals surface area contributed by atoms with E-state index in [0.29, 0.717) is 94.7 Å². The van der Waals surface area contributed by atoms with Crippen molar-refractivity contribution in [3.05, 3.63) is 206 Å². The number of pyridine rings is 2. The van der Waals surface area contributed by atoms with Crippen molar-refractivity contribution in [1.82, 2.24) is 45.0 Å². The smallest absolute Gasteiger partial charge is 0.198 e. The summed E-state index contributed by atoms with van der Waals surface area (Å²) in [6.45, 7) is 70.8. The molecule has 6 heterocycles. The van der Waals surface area contributed by atoms with Gasteiger partial charge in [0.15, 0.2) is 13.2 Å². The summed E-state index contributed by atoms with van der Waals surface area (Å²) < 4.78 is 4.02. The van der Waals surface area contributed by atoms with Gasteiger partial charge in [0.25, 0.3) is 0 Å². The Morgan fingerprint density at radius 3 is 1.01 bits per heavy atom. The van der Waals surface area contributed by atoms with Crippen molar-refractivity contribution in [3.8, 4) is 0 Å². The Morgan fingerprint density at radius 1 is 0.316 bits per heavy atom. The molecule has 0 saturated heterocycles. The van der Waals surface area contributed by atoms with Crippen molar-refractivity contribution in [3.63, 3.8) is 0 Å². The van der Waals surface area contributed by atoms with Gasteiger partial charge in [-0.1, -0.05) is 276 Å². The second-order valence-electron chi connectivity index (χ2n) is 30.6. The summed E-state index contributed by atoms with van der Waals surface area (Å²) in [5.41, 5.74) is 22.0. The predicted octanol–water partition coefficient (Wildman–Crippen LogP) is 24.7. The lowest BCUT2D eigenvalue weighted by Crippen LogP contribution is -2.28. The number of rotatable bonds is 16. The highest BCUT2D eigenvalue weighted by Crippen LogP contribution is 2.30. The molecule has 0 aliphatic rings. The lowest BCUT2D eigenvalue weighted by Gasteiger charge is -2.14. The zero-order chi connectivity index (χ0) is 72.7. The van der Waals surface area contributed by atoms with Crippen LogP contribution in [0.4, 0.5) is 0 Å². The third-order valence-corrected chi connectivity index (χ3v) is 16.8. The van der Waals surface area contributed by atoms with Crippen molar-refractivity contribution >= 4 is 0 Å². The van der Waals surface area contributed by atoms with E-state index in [1.165, 1.54) is 89.7 Å². The van der Waals surface area contributed by atoms with Gasteiger partial charge >= 0.3 is 0 Å². The lowest BCUT2D eigenvalue weighted by atomic mass is 9.91. The van der Waals surface area contributed by atoms with E-state index >= 15 is 0 Å². The number of hydrogen-bond donors (Lipinski definition) is 2. The summed E-state index contributed by atoms with van der Waals surface area (Å²) in [7, 11) is 4.05. The maximum atomic E-state index is 4.40. The van der Waals surface area contributed by atoms with Gasteiger partial charge in [0.1, 0.15) is 6.33 Å². The van der Waals surface area contributed by atoms with E-state index in [1.807, 2.05) is 66.7 Å². The van der Waals surface area contributed by atoms with Gasteiger partial charge in [-0.05, 0) is 162 Å². The number of aryl methyl sites for hydroxylation is 2. The fourth-order valence-electron chi connectivity index (χ4n) is 11.6. The number of aromatic amines is 2. The van der Waals surface area contributed by atoms with Gasteiger partial charge < -0.3 is 0 Å². The topological polar surface area (TPSA) is 118 Å². The van der Waals surface area contributed by atoms with Crippen LogP contribution in [0.2, 0.25) is 0 Å². The second-order valence-corrected chi connectivity index (χ2v) is 30.6. The summed E-state index contributed by atoms with van der Waals surface area (Å²) in [6, 6.07) is 23.8. The molecular formula is C85H139N10+. The summed E-state index contributed by atoms with van der Waals surface area (Å²) in [5, 5.41) is 14.7. The van der Waals surface area contributed by atoms with E-state index in [2.05, 4.69) is 329 Å². The van der Waals surface area contributed by atoms with Gasteiger partial charge in [-0.25, -0.2) is 9.97 Å². The lowest BCUT2D eigenvalue weighted by molar-refractivity contribution is -0.727. The number of benzene rings is 2. The molecule has 2 N–H and O–H groups in total. The Labute approximate surface area is 583 Å². The Bertz CT molecular complexity index is 2800. The molecule has 0 bridgehead atoms. The monoisotopic (exact) mass is 1300 g/mol. The highest BCUT2D eigenvalue weighted by atomic mass is 15.3. The highest BCUT2D eigenvalue weighted by molar-refractivity contribution is 5.34. The van der Waals surface area contributed by atoms with E-state index in [4.69, 9.17) is 0 Å². The summed E-state index contributed by atoms with van der Waals surface area (Å²) >= 11 is 0. The molecule has 10 nitrogen and oxygen atoms in total. The van der Waals surface area contributed by atoms with Gasteiger partial charge in [0, 0.05) is 60.2 Å². The molecule has 2 aromatic carbocycles. The van der Waals surface area contributed by atoms with Crippen LogP contribution in [-0.4, -0.2) is 45.0 Å². The maximum absolute atomic E-state index is 4.40. The van der Waals surface area contributed by atoms with Crippen LogP contribution in [0.1, 0.15) is 406 Å². The molecule has 10 heteroatoms. The van der Waals surface area contributed by atoms with Gasteiger partial charge in [-0.3, -0.25) is 19.7 Å².